The van der Waals surface area contributed by atoms with Gasteiger partial charge in [-0.15, -0.1) is 11.8 Å². The highest BCUT2D eigenvalue weighted by molar-refractivity contribution is 5.69. The van der Waals surface area contributed by atoms with Crippen LogP contribution in [0.5, 0.6) is 0 Å². The van der Waals surface area contributed by atoms with Crippen LogP contribution in [0.4, 0.5) is 0 Å². The molecule has 6 nitrogen and oxygen atoms in total. The number of ether oxygens (including phenoxy) is 2. The van der Waals surface area contributed by atoms with Crippen LogP contribution in [-0.2, 0) is 19.1 Å². The average molecular weight is 818 g/mol. The molecule has 6 heteroatoms. The van der Waals surface area contributed by atoms with E-state index in [1.807, 2.05) is 0 Å². The largest absolute Gasteiger partial charge is 0.466 e. The molecule has 0 radical (unpaired) electrons. The van der Waals surface area contributed by atoms with Gasteiger partial charge in [0.15, 0.2) is 0 Å². The summed E-state index contributed by atoms with van der Waals surface area (Å²) in [4.78, 5) is 27.3. The molecule has 0 aliphatic rings. The molecule has 0 unspecified atom stereocenters. The summed E-state index contributed by atoms with van der Waals surface area (Å²) in [6, 6.07) is 0. The van der Waals surface area contributed by atoms with Crippen molar-refractivity contribution in [3.05, 3.63) is 0 Å². The van der Waals surface area contributed by atoms with Crippen LogP contribution in [0, 0.1) is 11.8 Å². The van der Waals surface area contributed by atoms with E-state index in [0.717, 1.165) is 83.7 Å². The van der Waals surface area contributed by atoms with Gasteiger partial charge in [0.2, 0.25) is 0 Å². The first-order chi connectivity index (χ1) is 28.6. The lowest BCUT2D eigenvalue weighted by Crippen LogP contribution is -2.27. The van der Waals surface area contributed by atoms with Crippen LogP contribution in [-0.4, -0.2) is 60.9 Å². The highest BCUT2D eigenvalue weighted by Gasteiger charge is 2.14. The summed E-state index contributed by atoms with van der Waals surface area (Å²) in [6.45, 7) is 10.9. The maximum absolute atomic E-state index is 12.8. The summed E-state index contributed by atoms with van der Waals surface area (Å²) < 4.78 is 11.4. The van der Waals surface area contributed by atoms with Gasteiger partial charge in [-0.1, -0.05) is 168 Å². The van der Waals surface area contributed by atoms with Crippen molar-refractivity contribution in [3.63, 3.8) is 0 Å². The van der Waals surface area contributed by atoms with E-state index >= 15 is 0 Å². The van der Waals surface area contributed by atoms with Gasteiger partial charge in [-0.25, -0.2) is 0 Å². The van der Waals surface area contributed by atoms with Crippen LogP contribution in [0.1, 0.15) is 271 Å². The summed E-state index contributed by atoms with van der Waals surface area (Å²) in [5, 5.41) is 9.31. The quantitative estimate of drug-likeness (QED) is 0.0375. The first kappa shape index (κ1) is 56.4. The molecule has 0 rings (SSSR count). The van der Waals surface area contributed by atoms with Crippen molar-refractivity contribution in [3.8, 4) is 11.8 Å². The second-order valence-electron chi connectivity index (χ2n) is 17.4. The van der Waals surface area contributed by atoms with E-state index in [0.29, 0.717) is 26.1 Å². The zero-order valence-corrected chi connectivity index (χ0v) is 39.2. The third kappa shape index (κ3) is 44.0. The number of unbranched alkanes of at least 4 members (excludes halogenated alkanes) is 28. The zero-order chi connectivity index (χ0) is 42.3. The molecule has 0 atom stereocenters. The topological polar surface area (TPSA) is 76.1 Å². The Morgan fingerprint density at radius 2 is 0.828 bits per heavy atom. The number of nitrogens with zero attached hydrogens (tertiary/aromatic N) is 1. The highest BCUT2D eigenvalue weighted by atomic mass is 16.5. The van der Waals surface area contributed by atoms with Crippen LogP contribution >= 0.6 is 0 Å². The monoisotopic (exact) mass is 818 g/mol. The Morgan fingerprint density at radius 3 is 1.29 bits per heavy atom. The van der Waals surface area contributed by atoms with E-state index in [1.54, 1.807) is 0 Å². The van der Waals surface area contributed by atoms with Crippen LogP contribution < -0.4 is 0 Å². The van der Waals surface area contributed by atoms with Crippen molar-refractivity contribution in [2.24, 2.45) is 0 Å². The summed E-state index contributed by atoms with van der Waals surface area (Å²) in [5.41, 5.74) is 0. The average Bonchev–Trinajstić information content (AvgIpc) is 3.22. The predicted octanol–water partition coefficient (Wildman–Crippen LogP) is 15.0. The minimum absolute atomic E-state index is 0.0329. The van der Waals surface area contributed by atoms with E-state index in [-0.39, 0.29) is 18.0 Å². The number of aliphatic hydroxyl groups excluding tert-OH is 1. The van der Waals surface area contributed by atoms with Crippen LogP contribution in [0.25, 0.3) is 0 Å². The van der Waals surface area contributed by atoms with Gasteiger partial charge in [-0.2, -0.15) is 0 Å². The molecule has 0 heterocycles. The van der Waals surface area contributed by atoms with E-state index in [4.69, 9.17) is 9.47 Å². The normalized spacial score (nSPS) is 11.3. The predicted molar refractivity (Wildman–Crippen MR) is 249 cm³/mol. The van der Waals surface area contributed by atoms with E-state index in [1.165, 1.54) is 173 Å². The number of rotatable bonds is 46. The van der Waals surface area contributed by atoms with Crippen LogP contribution in [0.15, 0.2) is 0 Å². The fourth-order valence-corrected chi connectivity index (χ4v) is 7.79. The van der Waals surface area contributed by atoms with Crippen molar-refractivity contribution in [2.75, 3.05) is 32.8 Å². The molecule has 0 fully saturated rings. The fraction of sp³-hybridized carbons (Fsp3) is 0.923. The first-order valence-electron chi connectivity index (χ1n) is 25.7. The van der Waals surface area contributed by atoms with Crippen molar-refractivity contribution >= 4 is 11.9 Å². The van der Waals surface area contributed by atoms with Gasteiger partial charge in [0.05, 0.1) is 6.61 Å². The molecular weight excluding hydrogens is 719 g/mol. The van der Waals surface area contributed by atoms with Crippen molar-refractivity contribution < 1.29 is 24.2 Å². The van der Waals surface area contributed by atoms with Crippen LogP contribution in [0.3, 0.4) is 0 Å². The van der Waals surface area contributed by atoms with Gasteiger partial charge in [0.1, 0.15) is 6.10 Å². The standard InChI is InChI=1S/C52H99NO5/c1-4-7-10-13-23-31-40-49-57-51(55)43-34-27-21-19-17-16-18-20-22-29-36-45-53(47-38-39-48-54)46-37-30-24-28-35-44-52(56)58-50(41-32-25-14-11-8-5-2)42-33-26-15-12-9-6-3/h50,54H,4-12,14-22,24-49H2,1-3H3. The lowest BCUT2D eigenvalue weighted by Gasteiger charge is -2.22. The number of aliphatic hydroxyl groups is 1. The highest BCUT2D eigenvalue weighted by Crippen LogP contribution is 2.19. The van der Waals surface area contributed by atoms with Gasteiger partial charge in [0.25, 0.3) is 0 Å². The smallest absolute Gasteiger partial charge is 0.306 e. The van der Waals surface area contributed by atoms with Crippen molar-refractivity contribution in [1.82, 2.24) is 4.90 Å². The summed E-state index contributed by atoms with van der Waals surface area (Å²) in [7, 11) is 0. The molecular formula is C52H99NO5. The number of esters is 2. The summed E-state index contributed by atoms with van der Waals surface area (Å²) in [6.07, 6.45) is 45.3. The molecule has 0 aliphatic carbocycles. The summed E-state index contributed by atoms with van der Waals surface area (Å²) in [5.74, 6) is 6.34. The molecule has 0 aromatic carbocycles. The molecule has 0 spiro atoms. The third-order valence-electron chi connectivity index (χ3n) is 11.6. The second kappa shape index (κ2) is 48.1. The Hall–Kier alpha value is -1.58. The lowest BCUT2D eigenvalue weighted by molar-refractivity contribution is -0.150. The van der Waals surface area contributed by atoms with Gasteiger partial charge >= 0.3 is 11.9 Å². The Bertz CT molecular complexity index is 897. The van der Waals surface area contributed by atoms with E-state index in [2.05, 4.69) is 37.5 Å². The first-order valence-corrected chi connectivity index (χ1v) is 25.7. The molecule has 0 aromatic heterocycles. The Balaban J connectivity index is 3.98. The van der Waals surface area contributed by atoms with Gasteiger partial charge in [-0.3, -0.25) is 9.59 Å². The molecule has 342 valence electrons. The zero-order valence-electron chi connectivity index (χ0n) is 39.2. The maximum atomic E-state index is 12.8. The van der Waals surface area contributed by atoms with Crippen molar-refractivity contribution in [2.45, 2.75) is 277 Å². The number of carbonyl (C=O) groups excluding carboxylic acids is 2. The van der Waals surface area contributed by atoms with Gasteiger partial charge < -0.3 is 19.5 Å². The summed E-state index contributed by atoms with van der Waals surface area (Å²) >= 11 is 0. The molecule has 0 bridgehead atoms. The molecule has 58 heavy (non-hydrogen) atoms. The fourth-order valence-electron chi connectivity index (χ4n) is 7.79. The number of carbonyl (C=O) groups is 2. The SMILES string of the molecule is CCCCC#CCCCOC(=O)CCCCCCCCCCCCCN(CCCCO)CCCCCCCC(=O)OC(CCCCCCCC)CCCCCCCC. The van der Waals surface area contributed by atoms with Crippen molar-refractivity contribution in [1.29, 1.82) is 0 Å². The minimum Gasteiger partial charge on any atom is -0.466 e. The maximum Gasteiger partial charge on any atom is 0.306 e. The Labute approximate surface area is 361 Å². The van der Waals surface area contributed by atoms with E-state index < -0.39 is 0 Å². The Kier molecular flexibility index (Phi) is 46.8. The number of hydrogen-bond donors (Lipinski definition) is 1. The molecule has 0 amide bonds. The van der Waals surface area contributed by atoms with Crippen LogP contribution in [0.2, 0.25) is 0 Å². The number of hydrogen-bond acceptors (Lipinski definition) is 6. The third-order valence-corrected chi connectivity index (χ3v) is 11.6. The molecule has 1 N–H and O–H groups in total. The molecule has 0 saturated carbocycles. The molecule has 0 saturated heterocycles. The van der Waals surface area contributed by atoms with Gasteiger partial charge in [0, 0.05) is 32.3 Å². The minimum atomic E-state index is -0.0465. The van der Waals surface area contributed by atoms with E-state index in [9.17, 15) is 14.7 Å². The second-order valence-corrected chi connectivity index (χ2v) is 17.4. The molecule has 0 aromatic rings. The lowest BCUT2D eigenvalue weighted by atomic mass is 10.0. The Morgan fingerprint density at radius 1 is 0.448 bits per heavy atom. The van der Waals surface area contributed by atoms with Gasteiger partial charge in [-0.05, 0) is 96.7 Å². The molecule has 0 aliphatic heterocycles.